The predicted octanol–water partition coefficient (Wildman–Crippen LogP) is 3.51. The van der Waals surface area contributed by atoms with Crippen molar-refractivity contribution in [1.29, 1.82) is 0 Å². The smallest absolute Gasteiger partial charge is 0.224 e. The molecule has 24 heavy (non-hydrogen) atoms. The first-order valence-electron chi connectivity index (χ1n) is 9.24. The Morgan fingerprint density at radius 3 is 2.25 bits per heavy atom. The largest absolute Gasteiger partial charge is 0.370 e. The van der Waals surface area contributed by atoms with E-state index in [-0.39, 0.29) is 11.8 Å². The van der Waals surface area contributed by atoms with Gasteiger partial charge < -0.3 is 11.1 Å². The molecule has 1 aromatic carbocycles. The van der Waals surface area contributed by atoms with Crippen LogP contribution in [0.4, 0.5) is 0 Å². The van der Waals surface area contributed by atoms with E-state index in [1.807, 2.05) is 12.1 Å². The minimum absolute atomic E-state index is 0.103. The van der Waals surface area contributed by atoms with Gasteiger partial charge in [0.1, 0.15) is 0 Å². The van der Waals surface area contributed by atoms with E-state index in [9.17, 15) is 9.59 Å². The van der Waals surface area contributed by atoms with Gasteiger partial charge in [-0.3, -0.25) is 9.59 Å². The van der Waals surface area contributed by atoms with E-state index >= 15 is 0 Å². The van der Waals surface area contributed by atoms with E-state index in [1.54, 1.807) is 0 Å². The minimum atomic E-state index is -0.219. The van der Waals surface area contributed by atoms with Crippen LogP contribution >= 0.6 is 0 Å². The van der Waals surface area contributed by atoms with E-state index in [0.717, 1.165) is 44.2 Å². The highest BCUT2D eigenvalue weighted by atomic mass is 16.1. The van der Waals surface area contributed by atoms with E-state index in [0.29, 0.717) is 12.8 Å². The summed E-state index contributed by atoms with van der Waals surface area (Å²) in [5.41, 5.74) is 7.45. The van der Waals surface area contributed by atoms with Crippen molar-refractivity contribution < 1.29 is 9.59 Å². The highest BCUT2D eigenvalue weighted by Crippen LogP contribution is 2.10. The zero-order valence-corrected chi connectivity index (χ0v) is 15.0. The van der Waals surface area contributed by atoms with Gasteiger partial charge in [0.05, 0.1) is 6.42 Å². The third-order valence-electron chi connectivity index (χ3n) is 4.13. The predicted molar refractivity (Wildman–Crippen MR) is 98.7 cm³/mol. The Morgan fingerprint density at radius 1 is 0.917 bits per heavy atom. The number of unbranched alkanes of at least 4 members (excludes halogenated alkanes) is 5. The summed E-state index contributed by atoms with van der Waals surface area (Å²) in [6.07, 6.45) is 9.58. The zero-order chi connectivity index (χ0) is 17.6. The number of nitrogens with one attached hydrogen (secondary N) is 1. The lowest BCUT2D eigenvalue weighted by atomic mass is 10.0. The van der Waals surface area contributed by atoms with Crippen LogP contribution in [-0.2, 0) is 22.4 Å². The third kappa shape index (κ3) is 10.0. The van der Waals surface area contributed by atoms with Crippen LogP contribution in [0.3, 0.4) is 0 Å². The van der Waals surface area contributed by atoms with Crippen molar-refractivity contribution in [3.63, 3.8) is 0 Å². The maximum absolute atomic E-state index is 11.9. The lowest BCUT2D eigenvalue weighted by molar-refractivity contribution is -0.120. The first-order chi connectivity index (χ1) is 11.6. The first-order valence-corrected chi connectivity index (χ1v) is 9.24. The summed E-state index contributed by atoms with van der Waals surface area (Å²) in [5, 5.41) is 2.99. The third-order valence-corrected chi connectivity index (χ3v) is 4.13. The number of rotatable bonds is 13. The summed E-state index contributed by atoms with van der Waals surface area (Å²) < 4.78 is 0. The second kappa shape index (κ2) is 12.6. The zero-order valence-electron chi connectivity index (χ0n) is 15.0. The Labute approximate surface area is 146 Å². The number of primary amides is 1. The van der Waals surface area contributed by atoms with Crippen molar-refractivity contribution in [1.82, 2.24) is 5.32 Å². The molecule has 0 aromatic heterocycles. The molecule has 1 aromatic rings. The summed E-state index contributed by atoms with van der Waals surface area (Å²) in [6.45, 7) is 2.96. The maximum Gasteiger partial charge on any atom is 0.224 e. The normalized spacial score (nSPS) is 10.5. The molecule has 0 bridgehead atoms. The molecular formula is C20H32N2O2. The summed E-state index contributed by atoms with van der Waals surface area (Å²) in [4.78, 5) is 22.5. The van der Waals surface area contributed by atoms with Gasteiger partial charge in [0.15, 0.2) is 0 Å². The lowest BCUT2D eigenvalue weighted by Gasteiger charge is -2.06. The van der Waals surface area contributed by atoms with Crippen LogP contribution < -0.4 is 11.1 Å². The fourth-order valence-corrected chi connectivity index (χ4v) is 2.66. The number of hydrogen-bond donors (Lipinski definition) is 2. The molecule has 1 rings (SSSR count). The van der Waals surface area contributed by atoms with Crippen LogP contribution in [0.1, 0.15) is 69.4 Å². The molecule has 0 aliphatic heterocycles. The number of hydrogen-bond acceptors (Lipinski definition) is 2. The second-order valence-corrected chi connectivity index (χ2v) is 6.43. The molecule has 0 spiro atoms. The number of benzene rings is 1. The van der Waals surface area contributed by atoms with Crippen LogP contribution in [0, 0.1) is 0 Å². The molecule has 0 saturated carbocycles. The van der Waals surface area contributed by atoms with Crippen LogP contribution in [0.2, 0.25) is 0 Å². The molecule has 0 radical (unpaired) electrons. The van der Waals surface area contributed by atoms with Crippen LogP contribution in [0.15, 0.2) is 24.3 Å². The topological polar surface area (TPSA) is 72.2 Å². The molecule has 0 atom stereocenters. The minimum Gasteiger partial charge on any atom is -0.370 e. The van der Waals surface area contributed by atoms with E-state index in [1.165, 1.54) is 24.8 Å². The van der Waals surface area contributed by atoms with Crippen molar-refractivity contribution in [2.75, 3.05) is 6.54 Å². The second-order valence-electron chi connectivity index (χ2n) is 6.43. The van der Waals surface area contributed by atoms with Gasteiger partial charge in [-0.05, 0) is 36.8 Å². The maximum atomic E-state index is 11.9. The number of carbonyl (C=O) groups is 2. The standard InChI is InChI=1S/C20H32N2O2/c1-2-3-4-8-15-22-20(24)16-18-13-11-17(12-14-18)9-6-5-7-10-19(21)23/h11-14H,2-10,15-16H2,1H3,(H2,21,23)(H,22,24). The van der Waals surface area contributed by atoms with Crippen molar-refractivity contribution in [2.45, 2.75) is 71.1 Å². The molecule has 0 aliphatic rings. The van der Waals surface area contributed by atoms with Crippen molar-refractivity contribution in [3.05, 3.63) is 35.4 Å². The number of amides is 2. The highest BCUT2D eigenvalue weighted by molar-refractivity contribution is 5.78. The average molecular weight is 332 g/mol. The Kier molecular flexibility index (Phi) is 10.6. The first kappa shape index (κ1) is 20.2. The van der Waals surface area contributed by atoms with Gasteiger partial charge in [0.25, 0.3) is 0 Å². The lowest BCUT2D eigenvalue weighted by Crippen LogP contribution is -2.26. The molecule has 0 heterocycles. The monoisotopic (exact) mass is 332 g/mol. The molecule has 4 nitrogen and oxygen atoms in total. The quantitative estimate of drug-likeness (QED) is 0.543. The summed E-state index contributed by atoms with van der Waals surface area (Å²) in [5.74, 6) is -0.117. The Balaban J connectivity index is 2.19. The Morgan fingerprint density at radius 2 is 1.58 bits per heavy atom. The van der Waals surface area contributed by atoms with Crippen LogP contribution in [0.25, 0.3) is 0 Å². The van der Waals surface area contributed by atoms with Crippen molar-refractivity contribution in [3.8, 4) is 0 Å². The van der Waals surface area contributed by atoms with Crippen LogP contribution in [0.5, 0.6) is 0 Å². The molecule has 4 heteroatoms. The molecule has 3 N–H and O–H groups in total. The van der Waals surface area contributed by atoms with Gasteiger partial charge in [-0.15, -0.1) is 0 Å². The fourth-order valence-electron chi connectivity index (χ4n) is 2.66. The number of aryl methyl sites for hydroxylation is 1. The summed E-state index contributed by atoms with van der Waals surface area (Å²) in [7, 11) is 0. The summed E-state index contributed by atoms with van der Waals surface area (Å²) in [6, 6.07) is 8.26. The molecule has 0 fully saturated rings. The molecule has 0 unspecified atom stereocenters. The molecule has 0 aliphatic carbocycles. The van der Waals surface area contributed by atoms with Gasteiger partial charge in [-0.2, -0.15) is 0 Å². The Hall–Kier alpha value is -1.84. The molecule has 0 saturated heterocycles. The number of nitrogens with two attached hydrogens (primary N) is 1. The van der Waals surface area contributed by atoms with E-state index in [4.69, 9.17) is 5.73 Å². The molecule has 2 amide bonds. The SMILES string of the molecule is CCCCCCNC(=O)Cc1ccc(CCCCCC(N)=O)cc1. The van der Waals surface area contributed by atoms with Crippen LogP contribution in [-0.4, -0.2) is 18.4 Å². The van der Waals surface area contributed by atoms with Gasteiger partial charge in [0.2, 0.25) is 11.8 Å². The van der Waals surface area contributed by atoms with Gasteiger partial charge in [-0.1, -0.05) is 56.9 Å². The van der Waals surface area contributed by atoms with Crippen molar-refractivity contribution in [2.24, 2.45) is 5.73 Å². The molecule has 134 valence electrons. The molecular weight excluding hydrogens is 300 g/mol. The highest BCUT2D eigenvalue weighted by Gasteiger charge is 2.03. The van der Waals surface area contributed by atoms with E-state index in [2.05, 4.69) is 24.4 Å². The number of carbonyl (C=O) groups excluding carboxylic acids is 2. The van der Waals surface area contributed by atoms with Gasteiger partial charge in [0, 0.05) is 13.0 Å². The summed E-state index contributed by atoms with van der Waals surface area (Å²) >= 11 is 0. The fraction of sp³-hybridized carbons (Fsp3) is 0.600. The average Bonchev–Trinajstić information content (AvgIpc) is 2.55. The Bertz CT molecular complexity index is 483. The van der Waals surface area contributed by atoms with Gasteiger partial charge in [-0.25, -0.2) is 0 Å². The van der Waals surface area contributed by atoms with Gasteiger partial charge >= 0.3 is 0 Å². The van der Waals surface area contributed by atoms with E-state index < -0.39 is 0 Å². The van der Waals surface area contributed by atoms with Crippen molar-refractivity contribution >= 4 is 11.8 Å².